The SMILES string of the molecule is Cc1cc(Br)cn2c(C)c(C3CC3)nc12. The quantitative estimate of drug-likeness (QED) is 0.770. The maximum Gasteiger partial charge on any atom is 0.140 e. The van der Waals surface area contributed by atoms with Gasteiger partial charge in [0.2, 0.25) is 0 Å². The van der Waals surface area contributed by atoms with Crippen molar-refractivity contribution in [1.29, 1.82) is 0 Å². The first kappa shape index (κ1) is 9.40. The van der Waals surface area contributed by atoms with Crippen LogP contribution in [0.25, 0.3) is 5.65 Å². The molecule has 2 aromatic heterocycles. The van der Waals surface area contributed by atoms with E-state index in [0.29, 0.717) is 0 Å². The molecule has 0 radical (unpaired) electrons. The molecule has 1 fully saturated rings. The monoisotopic (exact) mass is 264 g/mol. The van der Waals surface area contributed by atoms with E-state index in [2.05, 4.69) is 46.4 Å². The molecular weight excluding hydrogens is 252 g/mol. The minimum atomic E-state index is 0.725. The fourth-order valence-electron chi connectivity index (χ4n) is 2.14. The van der Waals surface area contributed by atoms with Crippen LogP contribution in [0.1, 0.15) is 35.7 Å². The zero-order valence-electron chi connectivity index (χ0n) is 8.92. The molecule has 0 unspecified atom stereocenters. The third-order valence-corrected chi connectivity index (χ3v) is 3.54. The number of hydrogen-bond donors (Lipinski definition) is 0. The molecule has 2 heterocycles. The minimum Gasteiger partial charge on any atom is -0.303 e. The summed E-state index contributed by atoms with van der Waals surface area (Å²) in [5, 5.41) is 0. The first-order valence-corrected chi connectivity index (χ1v) is 6.11. The Balaban J connectivity index is 2.34. The van der Waals surface area contributed by atoms with Crippen molar-refractivity contribution >= 4 is 21.6 Å². The lowest BCUT2D eigenvalue weighted by Gasteiger charge is -2.00. The standard InChI is InChI=1S/C12H13BrN2/c1-7-5-10(13)6-15-8(2)11(9-3-4-9)14-12(7)15/h5-6,9H,3-4H2,1-2H3. The van der Waals surface area contributed by atoms with E-state index in [1.54, 1.807) is 0 Å². The summed E-state index contributed by atoms with van der Waals surface area (Å²) in [5.41, 5.74) is 4.95. The van der Waals surface area contributed by atoms with Gasteiger partial charge in [0.25, 0.3) is 0 Å². The van der Waals surface area contributed by atoms with E-state index in [1.165, 1.54) is 29.8 Å². The fraction of sp³-hybridized carbons (Fsp3) is 0.417. The molecule has 15 heavy (non-hydrogen) atoms. The Bertz CT molecular complexity index is 538. The van der Waals surface area contributed by atoms with Gasteiger partial charge in [-0.15, -0.1) is 0 Å². The predicted molar refractivity (Wildman–Crippen MR) is 64.3 cm³/mol. The summed E-state index contributed by atoms with van der Waals surface area (Å²) in [5.74, 6) is 0.725. The summed E-state index contributed by atoms with van der Waals surface area (Å²) in [4.78, 5) is 4.76. The Labute approximate surface area is 97.5 Å². The van der Waals surface area contributed by atoms with Crippen LogP contribution in [0.2, 0.25) is 0 Å². The number of pyridine rings is 1. The van der Waals surface area contributed by atoms with Crippen LogP contribution in [-0.4, -0.2) is 9.38 Å². The van der Waals surface area contributed by atoms with Crippen LogP contribution in [-0.2, 0) is 0 Å². The van der Waals surface area contributed by atoms with E-state index in [-0.39, 0.29) is 0 Å². The molecule has 0 amide bonds. The van der Waals surface area contributed by atoms with Crippen molar-refractivity contribution < 1.29 is 0 Å². The number of nitrogens with zero attached hydrogens (tertiary/aromatic N) is 2. The second kappa shape index (κ2) is 3.08. The number of aromatic nitrogens is 2. The largest absolute Gasteiger partial charge is 0.303 e. The number of fused-ring (bicyclic) bond motifs is 1. The first-order valence-electron chi connectivity index (χ1n) is 5.31. The van der Waals surface area contributed by atoms with Gasteiger partial charge in [0.1, 0.15) is 5.65 Å². The van der Waals surface area contributed by atoms with Gasteiger partial charge in [0.05, 0.1) is 5.69 Å². The molecule has 0 aromatic carbocycles. The normalized spacial score (nSPS) is 16.2. The summed E-state index contributed by atoms with van der Waals surface area (Å²) in [7, 11) is 0. The van der Waals surface area contributed by atoms with Gasteiger partial charge in [0, 0.05) is 22.3 Å². The Morgan fingerprint density at radius 1 is 1.40 bits per heavy atom. The highest BCUT2D eigenvalue weighted by Crippen LogP contribution is 2.41. The molecule has 2 nitrogen and oxygen atoms in total. The van der Waals surface area contributed by atoms with Crippen LogP contribution in [0, 0.1) is 13.8 Å². The van der Waals surface area contributed by atoms with Crippen LogP contribution >= 0.6 is 15.9 Å². The highest BCUT2D eigenvalue weighted by molar-refractivity contribution is 9.10. The fourth-order valence-corrected chi connectivity index (χ4v) is 2.69. The van der Waals surface area contributed by atoms with Crippen LogP contribution in [0.5, 0.6) is 0 Å². The van der Waals surface area contributed by atoms with Crippen molar-refractivity contribution in [3.05, 3.63) is 33.7 Å². The van der Waals surface area contributed by atoms with E-state index in [1.807, 2.05) is 0 Å². The van der Waals surface area contributed by atoms with Gasteiger partial charge < -0.3 is 4.40 Å². The van der Waals surface area contributed by atoms with E-state index in [0.717, 1.165) is 16.0 Å². The highest BCUT2D eigenvalue weighted by atomic mass is 79.9. The second-order valence-corrected chi connectivity index (χ2v) is 5.31. The Morgan fingerprint density at radius 3 is 2.80 bits per heavy atom. The van der Waals surface area contributed by atoms with Crippen LogP contribution < -0.4 is 0 Å². The average molecular weight is 265 g/mol. The van der Waals surface area contributed by atoms with Gasteiger partial charge in [-0.3, -0.25) is 0 Å². The van der Waals surface area contributed by atoms with Gasteiger partial charge in [0.15, 0.2) is 0 Å². The molecule has 0 N–H and O–H groups in total. The van der Waals surface area contributed by atoms with Gasteiger partial charge in [-0.1, -0.05) is 0 Å². The van der Waals surface area contributed by atoms with Gasteiger partial charge >= 0.3 is 0 Å². The molecular formula is C12H13BrN2. The zero-order valence-corrected chi connectivity index (χ0v) is 10.5. The highest BCUT2D eigenvalue weighted by Gasteiger charge is 2.28. The summed E-state index contributed by atoms with van der Waals surface area (Å²) in [6.07, 6.45) is 4.73. The van der Waals surface area contributed by atoms with Gasteiger partial charge in [-0.05, 0) is 54.2 Å². The van der Waals surface area contributed by atoms with E-state index >= 15 is 0 Å². The summed E-state index contributed by atoms with van der Waals surface area (Å²) < 4.78 is 3.32. The predicted octanol–water partition coefficient (Wildman–Crippen LogP) is 3.59. The second-order valence-electron chi connectivity index (χ2n) is 4.39. The molecule has 0 spiro atoms. The number of hydrogen-bond acceptors (Lipinski definition) is 1. The Hall–Kier alpha value is -0.830. The topological polar surface area (TPSA) is 17.3 Å². The summed E-state index contributed by atoms with van der Waals surface area (Å²) in [6, 6.07) is 2.12. The number of imidazole rings is 1. The van der Waals surface area contributed by atoms with Crippen molar-refractivity contribution in [3.8, 4) is 0 Å². The molecule has 0 atom stereocenters. The molecule has 0 aliphatic heterocycles. The summed E-state index contributed by atoms with van der Waals surface area (Å²) >= 11 is 3.53. The number of rotatable bonds is 1. The molecule has 1 aliphatic carbocycles. The first-order chi connectivity index (χ1) is 7.16. The molecule has 3 rings (SSSR count). The molecule has 0 bridgehead atoms. The van der Waals surface area contributed by atoms with Gasteiger partial charge in [-0.2, -0.15) is 0 Å². The maximum atomic E-state index is 4.76. The van der Waals surface area contributed by atoms with Crippen molar-refractivity contribution in [1.82, 2.24) is 9.38 Å². The molecule has 1 aliphatic rings. The van der Waals surface area contributed by atoms with Crippen molar-refractivity contribution in [3.63, 3.8) is 0 Å². The lowest BCUT2D eigenvalue weighted by atomic mass is 10.2. The van der Waals surface area contributed by atoms with E-state index in [9.17, 15) is 0 Å². The van der Waals surface area contributed by atoms with Crippen molar-refractivity contribution in [2.45, 2.75) is 32.6 Å². The number of halogens is 1. The zero-order chi connectivity index (χ0) is 10.6. The Morgan fingerprint density at radius 2 is 2.13 bits per heavy atom. The maximum absolute atomic E-state index is 4.76. The lowest BCUT2D eigenvalue weighted by molar-refractivity contribution is 1.01. The van der Waals surface area contributed by atoms with Crippen molar-refractivity contribution in [2.75, 3.05) is 0 Å². The van der Waals surface area contributed by atoms with Crippen LogP contribution in [0.4, 0.5) is 0 Å². The molecule has 0 saturated heterocycles. The minimum absolute atomic E-state index is 0.725. The van der Waals surface area contributed by atoms with E-state index in [4.69, 9.17) is 4.98 Å². The average Bonchev–Trinajstić information content (AvgIpc) is 2.94. The third-order valence-electron chi connectivity index (χ3n) is 3.11. The molecule has 3 heteroatoms. The van der Waals surface area contributed by atoms with Crippen molar-refractivity contribution in [2.24, 2.45) is 0 Å². The molecule has 1 saturated carbocycles. The third kappa shape index (κ3) is 1.41. The molecule has 78 valence electrons. The van der Waals surface area contributed by atoms with Crippen LogP contribution in [0.3, 0.4) is 0 Å². The van der Waals surface area contributed by atoms with E-state index < -0.39 is 0 Å². The number of aryl methyl sites for hydroxylation is 2. The smallest absolute Gasteiger partial charge is 0.140 e. The Kier molecular flexibility index (Phi) is 1.93. The lowest BCUT2D eigenvalue weighted by Crippen LogP contribution is -1.90. The summed E-state index contributed by atoms with van der Waals surface area (Å²) in [6.45, 7) is 4.28. The van der Waals surface area contributed by atoms with Gasteiger partial charge in [-0.25, -0.2) is 4.98 Å². The molecule has 2 aromatic rings. The van der Waals surface area contributed by atoms with Crippen LogP contribution in [0.15, 0.2) is 16.7 Å².